The van der Waals surface area contributed by atoms with Gasteiger partial charge in [-0.25, -0.2) is 0 Å². The number of fused-ring (bicyclic) bond motifs is 1. The minimum atomic E-state index is -4.97. The number of carbonyl (C=O) groups is 1. The standard InChI is InChI=1S/C13H11F3N2O4/c1-3-9(19)22-12-6(2)17-7-4-5-8(18(20)21)11(10(7)12)13(14,15)16/h4-5,17H,3H2,1-2H3. The highest BCUT2D eigenvalue weighted by molar-refractivity contribution is 5.95. The van der Waals surface area contributed by atoms with Crippen LogP contribution in [0.4, 0.5) is 18.9 Å². The number of nitrogens with zero attached hydrogens (tertiary/aromatic N) is 1. The first-order chi connectivity index (χ1) is 10.2. The number of aromatic nitrogens is 1. The molecular weight excluding hydrogens is 305 g/mol. The minimum absolute atomic E-state index is 0.00864. The molecule has 0 radical (unpaired) electrons. The van der Waals surface area contributed by atoms with E-state index in [4.69, 9.17) is 4.74 Å². The lowest BCUT2D eigenvalue weighted by molar-refractivity contribution is -0.387. The van der Waals surface area contributed by atoms with Crippen molar-refractivity contribution in [2.45, 2.75) is 26.4 Å². The van der Waals surface area contributed by atoms with E-state index < -0.39 is 33.7 Å². The summed E-state index contributed by atoms with van der Waals surface area (Å²) in [6.45, 7) is 2.91. The molecule has 0 unspecified atom stereocenters. The van der Waals surface area contributed by atoms with Gasteiger partial charge < -0.3 is 9.72 Å². The van der Waals surface area contributed by atoms with E-state index in [0.29, 0.717) is 0 Å². The Kier molecular flexibility index (Phi) is 3.82. The zero-order chi connectivity index (χ0) is 16.7. The van der Waals surface area contributed by atoms with Crippen molar-refractivity contribution in [1.29, 1.82) is 0 Å². The number of hydrogen-bond acceptors (Lipinski definition) is 4. The Morgan fingerprint density at radius 1 is 1.41 bits per heavy atom. The molecular formula is C13H11F3N2O4. The fraction of sp³-hybridized carbons (Fsp3) is 0.308. The highest BCUT2D eigenvalue weighted by Gasteiger charge is 2.42. The van der Waals surface area contributed by atoms with Gasteiger partial charge in [0.05, 0.1) is 21.5 Å². The molecule has 0 saturated carbocycles. The smallest absolute Gasteiger partial charge is 0.423 e. The molecule has 0 saturated heterocycles. The number of benzene rings is 1. The SMILES string of the molecule is CCC(=O)Oc1c(C)[nH]c2ccc([N+](=O)[O-])c(C(F)(F)F)c12. The number of nitro benzene ring substituents is 1. The quantitative estimate of drug-likeness (QED) is 0.531. The molecule has 22 heavy (non-hydrogen) atoms. The monoisotopic (exact) mass is 316 g/mol. The van der Waals surface area contributed by atoms with Gasteiger partial charge in [-0.3, -0.25) is 14.9 Å². The van der Waals surface area contributed by atoms with Crippen LogP contribution in [0.2, 0.25) is 0 Å². The average molecular weight is 316 g/mol. The van der Waals surface area contributed by atoms with Crippen LogP contribution in [0.15, 0.2) is 12.1 Å². The maximum atomic E-state index is 13.3. The molecule has 0 aliphatic rings. The molecule has 6 nitrogen and oxygen atoms in total. The van der Waals surface area contributed by atoms with Crippen molar-refractivity contribution in [3.63, 3.8) is 0 Å². The van der Waals surface area contributed by atoms with Gasteiger partial charge in [0, 0.05) is 12.5 Å². The lowest BCUT2D eigenvalue weighted by Crippen LogP contribution is -2.11. The number of alkyl halides is 3. The zero-order valence-corrected chi connectivity index (χ0v) is 11.6. The normalized spacial score (nSPS) is 11.7. The van der Waals surface area contributed by atoms with E-state index in [0.717, 1.165) is 12.1 Å². The number of ether oxygens (including phenoxy) is 1. The predicted molar refractivity (Wildman–Crippen MR) is 70.6 cm³/mol. The van der Waals surface area contributed by atoms with Crippen LogP contribution in [0.5, 0.6) is 5.75 Å². The van der Waals surface area contributed by atoms with Crippen molar-refractivity contribution < 1.29 is 27.6 Å². The molecule has 9 heteroatoms. The van der Waals surface area contributed by atoms with Crippen molar-refractivity contribution in [3.05, 3.63) is 33.5 Å². The number of rotatable bonds is 3. The van der Waals surface area contributed by atoms with Crippen LogP contribution in [0.25, 0.3) is 10.9 Å². The lowest BCUT2D eigenvalue weighted by Gasteiger charge is -2.10. The number of esters is 1. The van der Waals surface area contributed by atoms with Gasteiger partial charge in [-0.05, 0) is 13.0 Å². The Labute approximate surface area is 122 Å². The summed E-state index contributed by atoms with van der Waals surface area (Å²) in [7, 11) is 0. The summed E-state index contributed by atoms with van der Waals surface area (Å²) in [5.41, 5.74) is -2.33. The number of nitro groups is 1. The van der Waals surface area contributed by atoms with Gasteiger partial charge in [0.15, 0.2) is 5.75 Å². The van der Waals surface area contributed by atoms with Crippen LogP contribution >= 0.6 is 0 Å². The van der Waals surface area contributed by atoms with Crippen molar-refractivity contribution >= 4 is 22.6 Å². The first kappa shape index (κ1) is 15.8. The van der Waals surface area contributed by atoms with Crippen molar-refractivity contribution in [2.75, 3.05) is 0 Å². The van der Waals surface area contributed by atoms with E-state index in [9.17, 15) is 28.1 Å². The van der Waals surface area contributed by atoms with E-state index in [1.165, 1.54) is 13.8 Å². The van der Waals surface area contributed by atoms with Crippen LogP contribution in [-0.2, 0) is 11.0 Å². The van der Waals surface area contributed by atoms with E-state index in [1.54, 1.807) is 0 Å². The number of nitrogens with one attached hydrogen (secondary N) is 1. The van der Waals surface area contributed by atoms with E-state index in [1.807, 2.05) is 0 Å². The summed E-state index contributed by atoms with van der Waals surface area (Å²) in [5, 5.41) is 10.4. The van der Waals surface area contributed by atoms with Crippen molar-refractivity contribution in [2.24, 2.45) is 0 Å². The third-order valence-corrected chi connectivity index (χ3v) is 3.06. The molecule has 1 N–H and O–H groups in total. The van der Waals surface area contributed by atoms with Gasteiger partial charge >= 0.3 is 12.1 Å². The number of aromatic amines is 1. The Morgan fingerprint density at radius 3 is 2.55 bits per heavy atom. The van der Waals surface area contributed by atoms with Crippen molar-refractivity contribution in [1.82, 2.24) is 4.98 Å². The summed E-state index contributed by atoms with van der Waals surface area (Å²) < 4.78 is 44.8. The summed E-state index contributed by atoms with van der Waals surface area (Å²) >= 11 is 0. The fourth-order valence-corrected chi connectivity index (χ4v) is 2.13. The predicted octanol–water partition coefficient (Wildman–Crippen LogP) is 3.72. The number of H-pyrrole nitrogens is 1. The third-order valence-electron chi connectivity index (χ3n) is 3.06. The molecule has 2 aromatic rings. The minimum Gasteiger partial charge on any atom is -0.424 e. The molecule has 1 aromatic heterocycles. The number of halogens is 3. The molecule has 0 aliphatic heterocycles. The Morgan fingerprint density at radius 2 is 2.05 bits per heavy atom. The average Bonchev–Trinajstić information content (AvgIpc) is 2.72. The first-order valence-electron chi connectivity index (χ1n) is 6.24. The van der Waals surface area contributed by atoms with Gasteiger partial charge in [-0.2, -0.15) is 13.2 Å². The van der Waals surface area contributed by atoms with E-state index >= 15 is 0 Å². The first-order valence-corrected chi connectivity index (χ1v) is 6.24. The molecule has 1 aromatic carbocycles. The fourth-order valence-electron chi connectivity index (χ4n) is 2.13. The number of hydrogen-bond donors (Lipinski definition) is 1. The second-order valence-electron chi connectivity index (χ2n) is 4.54. The van der Waals surface area contributed by atoms with Crippen LogP contribution in [0, 0.1) is 17.0 Å². The molecule has 0 aliphatic carbocycles. The maximum absolute atomic E-state index is 13.3. The summed E-state index contributed by atoms with van der Waals surface area (Å²) in [6.07, 6.45) is -5.01. The molecule has 0 spiro atoms. The van der Waals surface area contributed by atoms with Crippen LogP contribution in [0.1, 0.15) is 24.6 Å². The largest absolute Gasteiger partial charge is 0.424 e. The van der Waals surface area contributed by atoms with E-state index in [-0.39, 0.29) is 23.4 Å². The third kappa shape index (κ3) is 2.61. The van der Waals surface area contributed by atoms with Gasteiger partial charge in [0.1, 0.15) is 5.56 Å². The lowest BCUT2D eigenvalue weighted by atomic mass is 10.1. The zero-order valence-electron chi connectivity index (χ0n) is 11.6. The van der Waals surface area contributed by atoms with Gasteiger partial charge in [-0.15, -0.1) is 0 Å². The summed E-state index contributed by atoms with van der Waals surface area (Å²) in [4.78, 5) is 23.8. The molecule has 0 fully saturated rings. The Bertz CT molecular complexity index is 765. The second-order valence-corrected chi connectivity index (χ2v) is 4.54. The molecule has 0 amide bonds. The summed E-state index contributed by atoms with van der Waals surface area (Å²) in [5.74, 6) is -1.07. The highest BCUT2D eigenvalue weighted by Crippen LogP contribution is 2.45. The number of aryl methyl sites for hydroxylation is 1. The topological polar surface area (TPSA) is 85.2 Å². The van der Waals surface area contributed by atoms with Gasteiger partial charge in [0.25, 0.3) is 5.69 Å². The van der Waals surface area contributed by atoms with Crippen molar-refractivity contribution in [3.8, 4) is 5.75 Å². The maximum Gasteiger partial charge on any atom is 0.423 e. The number of carbonyl (C=O) groups excluding carboxylic acids is 1. The van der Waals surface area contributed by atoms with Crippen LogP contribution in [-0.4, -0.2) is 15.9 Å². The molecule has 0 bridgehead atoms. The Hall–Kier alpha value is -2.58. The summed E-state index contributed by atoms with van der Waals surface area (Å²) in [6, 6.07) is 1.92. The second kappa shape index (κ2) is 5.32. The molecule has 1 heterocycles. The molecule has 2 rings (SSSR count). The van der Waals surface area contributed by atoms with E-state index in [2.05, 4.69) is 4.98 Å². The van der Waals surface area contributed by atoms with Gasteiger partial charge in [0.2, 0.25) is 0 Å². The molecule has 118 valence electrons. The van der Waals surface area contributed by atoms with Crippen LogP contribution < -0.4 is 4.74 Å². The highest BCUT2D eigenvalue weighted by atomic mass is 19.4. The van der Waals surface area contributed by atoms with Gasteiger partial charge in [-0.1, -0.05) is 6.92 Å². The molecule has 0 atom stereocenters. The van der Waals surface area contributed by atoms with Crippen LogP contribution in [0.3, 0.4) is 0 Å². The Balaban J connectivity index is 2.86.